The topological polar surface area (TPSA) is 23.6 Å². The minimum absolute atomic E-state index is 0.0958. The van der Waals surface area contributed by atoms with Crippen molar-refractivity contribution in [2.75, 3.05) is 26.2 Å². The highest BCUT2D eigenvalue weighted by Gasteiger charge is 2.28. The van der Waals surface area contributed by atoms with E-state index in [1.807, 2.05) is 59.5 Å². The lowest BCUT2D eigenvalue weighted by molar-refractivity contribution is 0.0597. The number of rotatable bonds is 4. The Labute approximate surface area is 181 Å². The maximum Gasteiger partial charge on any atom is 0.253 e. The number of hydrogen-bond donors (Lipinski definition) is 0. The molecule has 4 rings (SSSR count). The van der Waals surface area contributed by atoms with Crippen LogP contribution in [-0.2, 0) is 0 Å². The first-order valence-electron chi connectivity index (χ1n) is 9.71. The second-order valence-corrected chi connectivity index (χ2v) is 8.07. The molecule has 0 atom stereocenters. The Hall–Kier alpha value is -2.33. The van der Waals surface area contributed by atoms with Crippen LogP contribution in [0, 0.1) is 0 Å². The van der Waals surface area contributed by atoms with Crippen molar-refractivity contribution >= 4 is 29.1 Å². The van der Waals surface area contributed by atoms with Crippen LogP contribution in [-0.4, -0.2) is 41.9 Å². The third kappa shape index (κ3) is 4.64. The molecule has 0 saturated carbocycles. The summed E-state index contributed by atoms with van der Waals surface area (Å²) in [6, 6.07) is 25.6. The van der Waals surface area contributed by atoms with E-state index in [0.717, 1.165) is 28.7 Å². The van der Waals surface area contributed by atoms with Crippen molar-refractivity contribution in [3.8, 4) is 0 Å². The molecular weight excluding hydrogens is 403 g/mol. The minimum Gasteiger partial charge on any atom is -0.336 e. The van der Waals surface area contributed by atoms with Crippen LogP contribution in [0.25, 0.3) is 0 Å². The highest BCUT2D eigenvalue weighted by molar-refractivity contribution is 6.30. The van der Waals surface area contributed by atoms with Crippen LogP contribution in [0.4, 0.5) is 0 Å². The van der Waals surface area contributed by atoms with E-state index >= 15 is 0 Å². The summed E-state index contributed by atoms with van der Waals surface area (Å²) >= 11 is 12.2. The summed E-state index contributed by atoms with van der Waals surface area (Å²) < 4.78 is 0. The molecule has 29 heavy (non-hydrogen) atoms. The average Bonchev–Trinajstić information content (AvgIpc) is 2.77. The number of hydrogen-bond acceptors (Lipinski definition) is 2. The molecule has 0 N–H and O–H groups in total. The Bertz CT molecular complexity index is 905. The summed E-state index contributed by atoms with van der Waals surface area (Å²) in [6.07, 6.45) is 0. The second kappa shape index (κ2) is 9.00. The molecular formula is C24H22Cl2N2O. The zero-order valence-corrected chi connectivity index (χ0v) is 17.5. The predicted molar refractivity (Wildman–Crippen MR) is 119 cm³/mol. The van der Waals surface area contributed by atoms with Crippen LogP contribution in [0.3, 0.4) is 0 Å². The van der Waals surface area contributed by atoms with E-state index in [1.54, 1.807) is 0 Å². The summed E-state index contributed by atoms with van der Waals surface area (Å²) in [4.78, 5) is 17.1. The molecule has 0 unspecified atom stereocenters. The van der Waals surface area contributed by atoms with E-state index in [1.165, 1.54) is 11.1 Å². The van der Waals surface area contributed by atoms with Gasteiger partial charge in [-0.25, -0.2) is 0 Å². The largest absolute Gasteiger partial charge is 0.336 e. The molecule has 5 heteroatoms. The normalized spacial score (nSPS) is 14.9. The number of carbonyl (C=O) groups is 1. The van der Waals surface area contributed by atoms with Gasteiger partial charge in [0.25, 0.3) is 5.91 Å². The van der Waals surface area contributed by atoms with E-state index in [4.69, 9.17) is 23.2 Å². The van der Waals surface area contributed by atoms with Gasteiger partial charge >= 0.3 is 0 Å². The fourth-order valence-corrected chi connectivity index (χ4v) is 4.10. The van der Waals surface area contributed by atoms with Crippen molar-refractivity contribution in [2.24, 2.45) is 0 Å². The first kappa shape index (κ1) is 20.0. The molecule has 3 nitrogen and oxygen atoms in total. The molecule has 1 amide bonds. The van der Waals surface area contributed by atoms with Gasteiger partial charge in [-0.3, -0.25) is 9.69 Å². The third-order valence-corrected chi connectivity index (χ3v) is 5.86. The van der Waals surface area contributed by atoms with Crippen LogP contribution < -0.4 is 0 Å². The Balaban J connectivity index is 1.54. The van der Waals surface area contributed by atoms with Crippen molar-refractivity contribution in [3.05, 3.63) is 106 Å². The van der Waals surface area contributed by atoms with Crippen molar-refractivity contribution in [1.29, 1.82) is 0 Å². The van der Waals surface area contributed by atoms with E-state index in [0.29, 0.717) is 13.1 Å². The predicted octanol–water partition coefficient (Wildman–Crippen LogP) is 5.54. The quantitative estimate of drug-likeness (QED) is 0.548. The van der Waals surface area contributed by atoms with Gasteiger partial charge in [-0.1, -0.05) is 65.7 Å². The molecule has 3 aromatic rings. The summed E-state index contributed by atoms with van der Waals surface area (Å²) in [5, 5.41) is 1.45. The molecule has 0 aliphatic carbocycles. The maximum absolute atomic E-state index is 12.8. The Morgan fingerprint density at radius 1 is 0.690 bits per heavy atom. The molecule has 1 aliphatic rings. The number of benzene rings is 3. The van der Waals surface area contributed by atoms with Crippen LogP contribution in [0.5, 0.6) is 0 Å². The summed E-state index contributed by atoms with van der Waals surface area (Å²) in [6.45, 7) is 3.00. The van der Waals surface area contributed by atoms with Crippen molar-refractivity contribution < 1.29 is 4.79 Å². The lowest BCUT2D eigenvalue weighted by Gasteiger charge is -2.40. The van der Waals surface area contributed by atoms with Gasteiger partial charge in [-0.05, 0) is 47.5 Å². The summed E-state index contributed by atoms with van der Waals surface area (Å²) in [5.74, 6) is 0.0970. The molecule has 0 aromatic heterocycles. The van der Waals surface area contributed by atoms with Crippen LogP contribution >= 0.6 is 23.2 Å². The van der Waals surface area contributed by atoms with E-state index < -0.39 is 0 Å². The SMILES string of the molecule is O=C(c1ccccc1)N1CCN(C(c2ccc(Cl)cc2)c2ccc(Cl)cc2)CC1. The van der Waals surface area contributed by atoms with E-state index in [2.05, 4.69) is 29.2 Å². The molecule has 1 fully saturated rings. The third-order valence-electron chi connectivity index (χ3n) is 5.36. The molecule has 0 bridgehead atoms. The minimum atomic E-state index is 0.0958. The molecule has 1 heterocycles. The fraction of sp³-hybridized carbons (Fsp3) is 0.208. The lowest BCUT2D eigenvalue weighted by atomic mass is 9.96. The molecule has 1 saturated heterocycles. The van der Waals surface area contributed by atoms with Gasteiger partial charge in [0.2, 0.25) is 0 Å². The molecule has 3 aromatic carbocycles. The molecule has 0 spiro atoms. The van der Waals surface area contributed by atoms with Crippen LogP contribution in [0.1, 0.15) is 27.5 Å². The van der Waals surface area contributed by atoms with Crippen LogP contribution in [0.15, 0.2) is 78.9 Å². The Morgan fingerprint density at radius 3 is 1.66 bits per heavy atom. The van der Waals surface area contributed by atoms with E-state index in [-0.39, 0.29) is 11.9 Å². The van der Waals surface area contributed by atoms with E-state index in [9.17, 15) is 4.79 Å². The second-order valence-electron chi connectivity index (χ2n) is 7.20. The van der Waals surface area contributed by atoms with Gasteiger partial charge in [-0.15, -0.1) is 0 Å². The average molecular weight is 425 g/mol. The zero-order valence-electron chi connectivity index (χ0n) is 16.0. The highest BCUT2D eigenvalue weighted by Crippen LogP contribution is 2.31. The molecule has 0 radical (unpaired) electrons. The van der Waals surface area contributed by atoms with Gasteiger partial charge in [0.05, 0.1) is 6.04 Å². The maximum atomic E-state index is 12.8. The summed E-state index contributed by atoms with van der Waals surface area (Å²) in [5.41, 5.74) is 3.10. The van der Waals surface area contributed by atoms with Crippen molar-refractivity contribution in [1.82, 2.24) is 9.80 Å². The number of amides is 1. The highest BCUT2D eigenvalue weighted by atomic mass is 35.5. The molecule has 148 valence electrons. The Morgan fingerprint density at radius 2 is 1.17 bits per heavy atom. The fourth-order valence-electron chi connectivity index (χ4n) is 3.85. The van der Waals surface area contributed by atoms with Gasteiger partial charge in [0.15, 0.2) is 0 Å². The number of carbonyl (C=O) groups excluding carboxylic acids is 1. The number of piperazine rings is 1. The van der Waals surface area contributed by atoms with Crippen molar-refractivity contribution in [3.63, 3.8) is 0 Å². The standard InChI is InChI=1S/C24H22Cl2N2O/c25-21-10-6-18(7-11-21)23(19-8-12-22(26)13-9-19)27-14-16-28(17-15-27)24(29)20-4-2-1-3-5-20/h1-13,23H,14-17H2. The van der Waals surface area contributed by atoms with Crippen LogP contribution in [0.2, 0.25) is 10.0 Å². The van der Waals surface area contributed by atoms with Gasteiger partial charge in [0.1, 0.15) is 0 Å². The Kier molecular flexibility index (Phi) is 6.19. The number of nitrogens with zero attached hydrogens (tertiary/aromatic N) is 2. The molecule has 1 aliphatic heterocycles. The lowest BCUT2D eigenvalue weighted by Crippen LogP contribution is -2.49. The van der Waals surface area contributed by atoms with Gasteiger partial charge < -0.3 is 4.90 Å². The smallest absolute Gasteiger partial charge is 0.253 e. The first-order valence-corrected chi connectivity index (χ1v) is 10.5. The summed E-state index contributed by atoms with van der Waals surface area (Å²) in [7, 11) is 0. The number of halogens is 2. The van der Waals surface area contributed by atoms with Gasteiger partial charge in [0, 0.05) is 41.8 Å². The zero-order chi connectivity index (χ0) is 20.2. The monoisotopic (exact) mass is 424 g/mol. The first-order chi connectivity index (χ1) is 14.1. The van der Waals surface area contributed by atoms with Crippen molar-refractivity contribution in [2.45, 2.75) is 6.04 Å². The van der Waals surface area contributed by atoms with Gasteiger partial charge in [-0.2, -0.15) is 0 Å².